The van der Waals surface area contributed by atoms with E-state index in [1.54, 1.807) is 13.8 Å². The number of ether oxygens (including phenoxy) is 3. The first kappa shape index (κ1) is 18.9. The second kappa shape index (κ2) is 8.99. The molecule has 0 heterocycles. The van der Waals surface area contributed by atoms with Crippen LogP contribution in [0.1, 0.15) is 34.1 Å². The minimum atomic E-state index is -0.761. The summed E-state index contributed by atoms with van der Waals surface area (Å²) >= 11 is 0. The van der Waals surface area contributed by atoms with Gasteiger partial charge in [-0.3, -0.25) is 4.79 Å². The SMILES string of the molecule is C=C(C)C(=O)OCCNC(=O)OCOC(=O)C(C)(C)CC. The molecule has 0 atom stereocenters. The molecule has 0 aromatic heterocycles. The van der Waals surface area contributed by atoms with E-state index in [4.69, 9.17) is 9.47 Å². The van der Waals surface area contributed by atoms with E-state index in [-0.39, 0.29) is 18.7 Å². The standard InChI is InChI=1S/C14H23NO6/c1-6-14(4,5)12(17)20-9-21-13(18)15-7-8-19-11(16)10(2)3/h2,6-9H2,1,3-5H3,(H,15,18). The molecule has 0 unspecified atom stereocenters. The van der Waals surface area contributed by atoms with Crippen LogP contribution in [0.15, 0.2) is 12.2 Å². The number of amides is 1. The van der Waals surface area contributed by atoms with Crippen molar-refractivity contribution in [3.05, 3.63) is 12.2 Å². The van der Waals surface area contributed by atoms with Gasteiger partial charge in [0.1, 0.15) is 6.61 Å². The summed E-state index contributed by atoms with van der Waals surface area (Å²) in [5.41, 5.74) is -0.334. The van der Waals surface area contributed by atoms with E-state index in [9.17, 15) is 14.4 Å². The molecule has 21 heavy (non-hydrogen) atoms. The van der Waals surface area contributed by atoms with E-state index in [1.165, 1.54) is 6.92 Å². The van der Waals surface area contributed by atoms with Crippen molar-refractivity contribution in [1.82, 2.24) is 5.32 Å². The highest BCUT2D eigenvalue weighted by atomic mass is 16.7. The van der Waals surface area contributed by atoms with Crippen molar-refractivity contribution < 1.29 is 28.6 Å². The molecule has 120 valence electrons. The van der Waals surface area contributed by atoms with Gasteiger partial charge >= 0.3 is 18.0 Å². The number of carbonyl (C=O) groups excluding carboxylic acids is 3. The number of carbonyl (C=O) groups is 3. The Bertz CT molecular complexity index is 402. The molecule has 0 saturated heterocycles. The predicted molar refractivity (Wildman–Crippen MR) is 75.3 cm³/mol. The molecule has 0 aromatic carbocycles. The van der Waals surface area contributed by atoms with Crippen LogP contribution in [0.25, 0.3) is 0 Å². The molecule has 1 amide bonds. The molecule has 0 aliphatic carbocycles. The lowest BCUT2D eigenvalue weighted by Crippen LogP contribution is -2.31. The Hall–Kier alpha value is -2.05. The van der Waals surface area contributed by atoms with E-state index < -0.39 is 30.2 Å². The minimum absolute atomic E-state index is 0.00342. The molecule has 0 fully saturated rings. The maximum absolute atomic E-state index is 11.6. The molecule has 0 rings (SSSR count). The summed E-state index contributed by atoms with van der Waals surface area (Å²) in [6.45, 7) is 9.92. The van der Waals surface area contributed by atoms with Gasteiger partial charge in [0.25, 0.3) is 0 Å². The first-order valence-electron chi connectivity index (χ1n) is 6.61. The van der Waals surface area contributed by atoms with Crippen LogP contribution in [0.2, 0.25) is 0 Å². The van der Waals surface area contributed by atoms with Crippen molar-refractivity contribution in [3.63, 3.8) is 0 Å². The van der Waals surface area contributed by atoms with Gasteiger partial charge in [-0.05, 0) is 27.2 Å². The fourth-order valence-corrected chi connectivity index (χ4v) is 0.947. The van der Waals surface area contributed by atoms with Gasteiger partial charge in [-0.15, -0.1) is 0 Å². The van der Waals surface area contributed by atoms with Gasteiger partial charge in [0.2, 0.25) is 6.79 Å². The number of nitrogens with one attached hydrogen (secondary N) is 1. The lowest BCUT2D eigenvalue weighted by atomic mass is 9.91. The van der Waals surface area contributed by atoms with Gasteiger partial charge in [0.05, 0.1) is 12.0 Å². The quantitative estimate of drug-likeness (QED) is 0.318. The molecule has 0 spiro atoms. The van der Waals surface area contributed by atoms with Crippen molar-refractivity contribution in [2.24, 2.45) is 5.41 Å². The Kier molecular flexibility index (Phi) is 8.11. The van der Waals surface area contributed by atoms with Crippen LogP contribution < -0.4 is 5.32 Å². The minimum Gasteiger partial charge on any atom is -0.460 e. The zero-order valence-electron chi connectivity index (χ0n) is 13.0. The third-order valence-electron chi connectivity index (χ3n) is 2.77. The average molecular weight is 301 g/mol. The van der Waals surface area contributed by atoms with E-state index in [1.807, 2.05) is 6.92 Å². The smallest absolute Gasteiger partial charge is 0.410 e. The maximum atomic E-state index is 11.6. The second-order valence-corrected chi connectivity index (χ2v) is 5.06. The van der Waals surface area contributed by atoms with Crippen LogP contribution in [0, 0.1) is 5.41 Å². The fourth-order valence-electron chi connectivity index (χ4n) is 0.947. The monoisotopic (exact) mass is 301 g/mol. The summed E-state index contributed by atoms with van der Waals surface area (Å²) in [6.07, 6.45) is -0.143. The Morgan fingerprint density at radius 2 is 1.76 bits per heavy atom. The Labute approximate surface area is 124 Å². The molecule has 0 aromatic rings. The number of esters is 2. The largest absolute Gasteiger partial charge is 0.460 e. The van der Waals surface area contributed by atoms with Gasteiger partial charge in [-0.25, -0.2) is 9.59 Å². The predicted octanol–water partition coefficient (Wildman–Crippen LogP) is 1.77. The number of rotatable bonds is 8. The Balaban J connectivity index is 3.75. The molecule has 0 bridgehead atoms. The van der Waals surface area contributed by atoms with Gasteiger partial charge in [-0.2, -0.15) is 0 Å². The topological polar surface area (TPSA) is 90.9 Å². The molecule has 0 radical (unpaired) electrons. The van der Waals surface area contributed by atoms with Crippen LogP contribution in [-0.4, -0.2) is 38.0 Å². The van der Waals surface area contributed by atoms with Gasteiger partial charge in [0.15, 0.2) is 0 Å². The molecule has 0 saturated carbocycles. The molecule has 0 aliphatic rings. The Morgan fingerprint density at radius 3 is 2.29 bits per heavy atom. The highest BCUT2D eigenvalue weighted by Gasteiger charge is 2.27. The summed E-state index contributed by atoms with van der Waals surface area (Å²) in [6, 6.07) is 0. The van der Waals surface area contributed by atoms with Crippen LogP contribution in [-0.2, 0) is 23.8 Å². The zero-order valence-corrected chi connectivity index (χ0v) is 13.0. The van der Waals surface area contributed by atoms with Gasteiger partial charge in [0, 0.05) is 5.57 Å². The highest BCUT2D eigenvalue weighted by molar-refractivity contribution is 5.86. The summed E-state index contributed by atoms with van der Waals surface area (Å²) in [4.78, 5) is 33.9. The molecule has 0 aliphatic heterocycles. The number of hydrogen-bond donors (Lipinski definition) is 1. The fraction of sp³-hybridized carbons (Fsp3) is 0.643. The van der Waals surface area contributed by atoms with E-state index in [0.717, 1.165) is 0 Å². The first-order chi connectivity index (χ1) is 9.70. The van der Waals surface area contributed by atoms with Crippen molar-refractivity contribution in [1.29, 1.82) is 0 Å². The van der Waals surface area contributed by atoms with E-state index >= 15 is 0 Å². The van der Waals surface area contributed by atoms with Crippen LogP contribution >= 0.6 is 0 Å². The summed E-state index contributed by atoms with van der Waals surface area (Å²) in [5.74, 6) is -0.964. The summed E-state index contributed by atoms with van der Waals surface area (Å²) in [7, 11) is 0. The van der Waals surface area contributed by atoms with E-state index in [2.05, 4.69) is 16.6 Å². The molecular formula is C14H23NO6. The van der Waals surface area contributed by atoms with Gasteiger partial charge in [-0.1, -0.05) is 13.5 Å². The number of alkyl carbamates (subject to hydrolysis) is 1. The van der Waals surface area contributed by atoms with Crippen LogP contribution in [0.3, 0.4) is 0 Å². The molecule has 7 heteroatoms. The van der Waals surface area contributed by atoms with Crippen LogP contribution in [0.4, 0.5) is 4.79 Å². The maximum Gasteiger partial charge on any atom is 0.410 e. The third kappa shape index (κ3) is 7.96. The average Bonchev–Trinajstić information content (AvgIpc) is 2.42. The third-order valence-corrected chi connectivity index (χ3v) is 2.77. The van der Waals surface area contributed by atoms with Gasteiger partial charge < -0.3 is 19.5 Å². The normalized spacial score (nSPS) is 10.5. The lowest BCUT2D eigenvalue weighted by molar-refractivity contribution is -0.162. The van der Waals surface area contributed by atoms with Crippen LogP contribution in [0.5, 0.6) is 0 Å². The number of hydrogen-bond acceptors (Lipinski definition) is 6. The van der Waals surface area contributed by atoms with Crippen molar-refractivity contribution in [3.8, 4) is 0 Å². The zero-order chi connectivity index (χ0) is 16.5. The lowest BCUT2D eigenvalue weighted by Gasteiger charge is -2.19. The summed E-state index contributed by atoms with van der Waals surface area (Å²) < 4.78 is 14.2. The molecule has 1 N–H and O–H groups in total. The second-order valence-electron chi connectivity index (χ2n) is 5.06. The van der Waals surface area contributed by atoms with E-state index in [0.29, 0.717) is 6.42 Å². The van der Waals surface area contributed by atoms with Crippen molar-refractivity contribution in [2.45, 2.75) is 34.1 Å². The first-order valence-corrected chi connectivity index (χ1v) is 6.61. The Morgan fingerprint density at radius 1 is 1.14 bits per heavy atom. The molecule has 7 nitrogen and oxygen atoms in total. The van der Waals surface area contributed by atoms with Crippen molar-refractivity contribution in [2.75, 3.05) is 19.9 Å². The molecular weight excluding hydrogens is 278 g/mol. The highest BCUT2D eigenvalue weighted by Crippen LogP contribution is 2.21. The van der Waals surface area contributed by atoms with Crippen molar-refractivity contribution >= 4 is 18.0 Å². The summed E-state index contributed by atoms with van der Waals surface area (Å²) in [5, 5.41) is 2.34.